The average Bonchev–Trinajstić information content (AvgIpc) is 2.97. The fraction of sp³-hybridized carbons (Fsp3) is 0.800. The zero-order valence-electron chi connectivity index (χ0n) is 20.6. The maximum Gasteiger partial charge on any atom is 0.328 e. The quantitative estimate of drug-likeness (QED) is 0.602. The van der Waals surface area contributed by atoms with Crippen LogP contribution in [0.3, 0.4) is 0 Å². The van der Waals surface area contributed by atoms with E-state index < -0.39 is 34.4 Å². The van der Waals surface area contributed by atoms with E-state index in [1.54, 1.807) is 6.92 Å². The fourth-order valence-electron chi connectivity index (χ4n) is 6.91. The summed E-state index contributed by atoms with van der Waals surface area (Å²) in [4.78, 5) is 63.6. The highest BCUT2D eigenvalue weighted by Crippen LogP contribution is 2.64. The lowest BCUT2D eigenvalue weighted by atomic mass is 9.48. The Morgan fingerprint density at radius 3 is 2.42 bits per heavy atom. The van der Waals surface area contributed by atoms with Gasteiger partial charge in [-0.05, 0) is 43.4 Å². The van der Waals surface area contributed by atoms with Crippen LogP contribution in [0.1, 0.15) is 79.6 Å². The van der Waals surface area contributed by atoms with Gasteiger partial charge in [-0.1, -0.05) is 27.7 Å². The number of amides is 1. The highest BCUT2D eigenvalue weighted by Gasteiger charge is 2.66. The van der Waals surface area contributed by atoms with Crippen LogP contribution < -0.4 is 5.32 Å². The van der Waals surface area contributed by atoms with Gasteiger partial charge in [0.1, 0.15) is 23.2 Å². The summed E-state index contributed by atoms with van der Waals surface area (Å²) >= 11 is 0. The smallest absolute Gasteiger partial charge is 0.328 e. The second-order valence-corrected chi connectivity index (χ2v) is 11.1. The summed E-state index contributed by atoms with van der Waals surface area (Å²) in [5.41, 5.74) is -2.43. The van der Waals surface area contributed by atoms with Gasteiger partial charge in [0.15, 0.2) is 0 Å². The summed E-state index contributed by atoms with van der Waals surface area (Å²) in [6.07, 6.45) is 2.11. The van der Waals surface area contributed by atoms with E-state index in [1.807, 2.05) is 27.7 Å². The van der Waals surface area contributed by atoms with Crippen LogP contribution in [0.2, 0.25) is 0 Å². The lowest BCUT2D eigenvalue weighted by molar-refractivity contribution is -0.180. The van der Waals surface area contributed by atoms with Crippen molar-refractivity contribution in [1.29, 1.82) is 0 Å². The number of fused-ring (bicyclic) bond motifs is 3. The predicted octanol–water partition coefficient (Wildman–Crippen LogP) is 2.76. The Bertz CT molecular complexity index is 867. The molecule has 8 heteroatoms. The van der Waals surface area contributed by atoms with Gasteiger partial charge in [-0.15, -0.1) is 0 Å². The van der Waals surface area contributed by atoms with Gasteiger partial charge in [0.2, 0.25) is 5.91 Å². The van der Waals surface area contributed by atoms with Crippen LogP contribution in [0.25, 0.3) is 0 Å². The topological polar surface area (TPSA) is 116 Å². The van der Waals surface area contributed by atoms with E-state index in [0.29, 0.717) is 19.3 Å². The molecule has 8 nitrogen and oxygen atoms in total. The normalized spacial score (nSPS) is 37.0. The van der Waals surface area contributed by atoms with E-state index in [9.17, 15) is 24.0 Å². The molecule has 3 rings (SSSR count). The number of rotatable bonds is 6. The van der Waals surface area contributed by atoms with E-state index >= 15 is 0 Å². The van der Waals surface area contributed by atoms with Crippen LogP contribution in [0.15, 0.2) is 0 Å². The molecule has 0 aromatic heterocycles. The van der Waals surface area contributed by atoms with Gasteiger partial charge in [-0.25, -0.2) is 4.79 Å². The Kier molecular flexibility index (Phi) is 6.80. The third-order valence-electron chi connectivity index (χ3n) is 8.50. The summed E-state index contributed by atoms with van der Waals surface area (Å²) in [6.45, 7) is 9.26. The van der Waals surface area contributed by atoms with Crippen LogP contribution >= 0.6 is 0 Å². The zero-order chi connectivity index (χ0) is 24.8. The Balaban J connectivity index is 1.86. The summed E-state index contributed by atoms with van der Waals surface area (Å²) in [5.74, 6) is -1.98. The summed E-state index contributed by atoms with van der Waals surface area (Å²) in [6, 6.07) is -0.779. The number of esters is 2. The third kappa shape index (κ3) is 4.33. The van der Waals surface area contributed by atoms with Crippen molar-refractivity contribution in [2.45, 2.75) is 91.2 Å². The van der Waals surface area contributed by atoms with Crippen molar-refractivity contribution in [1.82, 2.24) is 5.32 Å². The van der Waals surface area contributed by atoms with E-state index in [4.69, 9.17) is 9.47 Å². The number of hydrogen-bond donors (Lipinski definition) is 1. The molecule has 1 aliphatic heterocycles. The summed E-state index contributed by atoms with van der Waals surface area (Å²) in [7, 11) is 1.27. The van der Waals surface area contributed by atoms with Crippen molar-refractivity contribution in [2.24, 2.45) is 28.6 Å². The average molecular weight is 464 g/mol. The predicted molar refractivity (Wildman–Crippen MR) is 119 cm³/mol. The fourth-order valence-corrected chi connectivity index (χ4v) is 6.91. The molecule has 33 heavy (non-hydrogen) atoms. The molecular formula is C25H37NO7. The van der Waals surface area contributed by atoms with Crippen LogP contribution in [0, 0.1) is 28.6 Å². The molecule has 0 aromatic rings. The molecule has 0 spiro atoms. The lowest BCUT2D eigenvalue weighted by Crippen LogP contribution is -2.59. The van der Waals surface area contributed by atoms with Gasteiger partial charge < -0.3 is 14.8 Å². The first kappa shape index (κ1) is 25.4. The first-order chi connectivity index (χ1) is 15.3. The highest BCUT2D eigenvalue weighted by molar-refractivity contribution is 5.96. The van der Waals surface area contributed by atoms with Crippen LogP contribution in [-0.4, -0.2) is 48.2 Å². The summed E-state index contributed by atoms with van der Waals surface area (Å²) < 4.78 is 10.6. The maximum atomic E-state index is 13.5. The van der Waals surface area contributed by atoms with Gasteiger partial charge in [-0.3, -0.25) is 19.2 Å². The first-order valence-electron chi connectivity index (χ1n) is 11.9. The molecule has 2 saturated carbocycles. The van der Waals surface area contributed by atoms with Crippen molar-refractivity contribution in [2.75, 3.05) is 7.11 Å². The summed E-state index contributed by atoms with van der Waals surface area (Å²) in [5, 5.41) is 2.71. The third-order valence-corrected chi connectivity index (χ3v) is 8.50. The SMILES string of the molecule is COC(=O)[C@@H](NC(=O)CC[C@@]1(C)OC(=O)CC[C@]2(C)C1C(=O)C[C@]1(C)C(=O)CCC21)C(C)C. The second kappa shape index (κ2) is 8.84. The Morgan fingerprint density at radius 1 is 1.15 bits per heavy atom. The minimum Gasteiger partial charge on any atom is -0.467 e. The number of methoxy groups -OCH3 is 1. The van der Waals surface area contributed by atoms with Gasteiger partial charge in [0.25, 0.3) is 0 Å². The van der Waals surface area contributed by atoms with Crippen molar-refractivity contribution in [3.8, 4) is 0 Å². The minimum absolute atomic E-state index is 0.00695. The molecule has 184 valence electrons. The monoisotopic (exact) mass is 463 g/mol. The molecule has 3 fully saturated rings. The van der Waals surface area contributed by atoms with E-state index in [-0.39, 0.29) is 61.0 Å². The molecule has 0 aromatic carbocycles. The zero-order valence-corrected chi connectivity index (χ0v) is 20.6. The Hall–Kier alpha value is -2.25. The first-order valence-corrected chi connectivity index (χ1v) is 11.9. The van der Waals surface area contributed by atoms with Gasteiger partial charge >= 0.3 is 11.9 Å². The van der Waals surface area contributed by atoms with Gasteiger partial charge in [0.05, 0.1) is 13.0 Å². The minimum atomic E-state index is -1.16. The standard InChI is InChI=1S/C25H37NO7/c1-14(2)20(22(31)32-6)26-18(29)9-12-25(5)21-15(27)13-24(4)16(7-8-17(24)28)23(21,3)11-10-19(30)33-25/h14,16,20-21H,7-13H2,1-6H3,(H,26,29)/t16?,20-,21?,23-,24-,25+/m0/s1. The number of cyclic esters (lactones) is 1. The van der Waals surface area contributed by atoms with Gasteiger partial charge in [-0.2, -0.15) is 0 Å². The van der Waals surface area contributed by atoms with E-state index in [0.717, 1.165) is 0 Å². The molecule has 0 radical (unpaired) electrons. The molecule has 1 N–H and O–H groups in total. The molecule has 0 bridgehead atoms. The number of hydrogen-bond acceptors (Lipinski definition) is 7. The highest BCUT2D eigenvalue weighted by atomic mass is 16.6. The molecule has 1 saturated heterocycles. The van der Waals surface area contributed by atoms with Crippen molar-refractivity contribution in [3.63, 3.8) is 0 Å². The molecule has 3 aliphatic rings. The largest absolute Gasteiger partial charge is 0.467 e. The van der Waals surface area contributed by atoms with Crippen molar-refractivity contribution >= 4 is 29.4 Å². The van der Waals surface area contributed by atoms with Crippen LogP contribution in [0.4, 0.5) is 0 Å². The number of Topliss-reactive ketones (excluding diaryl/α,β-unsaturated/α-hetero) is 2. The molecule has 1 amide bonds. The van der Waals surface area contributed by atoms with Crippen molar-refractivity contribution < 1.29 is 33.4 Å². The van der Waals surface area contributed by atoms with Crippen molar-refractivity contribution in [3.05, 3.63) is 0 Å². The number of ether oxygens (including phenoxy) is 2. The molecule has 1 heterocycles. The Morgan fingerprint density at radius 2 is 1.82 bits per heavy atom. The maximum absolute atomic E-state index is 13.5. The second-order valence-electron chi connectivity index (χ2n) is 11.1. The molecule has 2 aliphatic carbocycles. The van der Waals surface area contributed by atoms with E-state index in [2.05, 4.69) is 5.32 Å². The van der Waals surface area contributed by atoms with E-state index in [1.165, 1.54) is 7.11 Å². The Labute approximate surface area is 195 Å². The number of carbonyl (C=O) groups is 5. The van der Waals surface area contributed by atoms with Gasteiger partial charge in [0, 0.05) is 31.1 Å². The molecular weight excluding hydrogens is 426 g/mol. The number of nitrogens with one attached hydrogen (secondary N) is 1. The number of ketones is 2. The van der Waals surface area contributed by atoms with Crippen LogP contribution in [-0.2, 0) is 33.4 Å². The van der Waals surface area contributed by atoms with Crippen LogP contribution in [0.5, 0.6) is 0 Å². The number of carbonyl (C=O) groups excluding carboxylic acids is 5. The lowest BCUT2D eigenvalue weighted by Gasteiger charge is -2.55. The molecule has 2 unspecified atom stereocenters. The molecule has 6 atom stereocenters.